The number of nitrogens with zero attached hydrogens (tertiary/aromatic N) is 2. The number of benzene rings is 1. The van der Waals surface area contributed by atoms with E-state index in [0.717, 1.165) is 19.4 Å². The molecule has 1 aromatic carbocycles. The molecule has 7 nitrogen and oxygen atoms in total. The number of halogens is 1. The van der Waals surface area contributed by atoms with Crippen LogP contribution in [0.4, 0.5) is 5.69 Å². The molecule has 1 fully saturated rings. The van der Waals surface area contributed by atoms with Gasteiger partial charge in [-0.3, -0.25) is 14.9 Å². The first-order chi connectivity index (χ1) is 10.6. The van der Waals surface area contributed by atoms with E-state index in [1.165, 1.54) is 19.2 Å². The predicted octanol–water partition coefficient (Wildman–Crippen LogP) is 2.10. The maximum atomic E-state index is 12.6. The van der Waals surface area contributed by atoms with E-state index in [9.17, 15) is 14.9 Å². The van der Waals surface area contributed by atoms with Crippen molar-refractivity contribution >= 4 is 24.0 Å². The van der Waals surface area contributed by atoms with Crippen molar-refractivity contribution in [3.63, 3.8) is 0 Å². The molecule has 128 valence electrons. The number of piperidine rings is 1. The van der Waals surface area contributed by atoms with E-state index in [-0.39, 0.29) is 29.8 Å². The molecule has 8 heteroatoms. The van der Waals surface area contributed by atoms with Crippen LogP contribution in [0.5, 0.6) is 5.75 Å². The third-order valence-corrected chi connectivity index (χ3v) is 3.92. The molecule has 0 spiro atoms. The Morgan fingerprint density at radius 2 is 2.26 bits per heavy atom. The predicted molar refractivity (Wildman–Crippen MR) is 89.5 cm³/mol. The Kier molecular flexibility index (Phi) is 7.25. The molecule has 1 heterocycles. The summed E-state index contributed by atoms with van der Waals surface area (Å²) in [4.78, 5) is 24.9. The number of nitro benzene ring substituents is 1. The minimum absolute atomic E-state index is 0. The van der Waals surface area contributed by atoms with Gasteiger partial charge in [0.1, 0.15) is 0 Å². The van der Waals surface area contributed by atoms with E-state index in [0.29, 0.717) is 24.6 Å². The smallest absolute Gasteiger partial charge is 0.311 e. The second-order valence-corrected chi connectivity index (χ2v) is 5.46. The Bertz CT molecular complexity index is 566. The van der Waals surface area contributed by atoms with Crippen LogP contribution in [0.1, 0.15) is 23.2 Å². The average Bonchev–Trinajstić information content (AvgIpc) is 2.54. The Labute approximate surface area is 141 Å². The number of hydrogen-bond donors (Lipinski definition) is 1. The summed E-state index contributed by atoms with van der Waals surface area (Å²) in [6.07, 6.45) is 2.05. The summed E-state index contributed by atoms with van der Waals surface area (Å²) < 4.78 is 4.96. The molecule has 1 atom stereocenters. The average molecular weight is 344 g/mol. The highest BCUT2D eigenvalue weighted by Crippen LogP contribution is 2.28. The SMILES string of the molecule is CNCC1CCCN(C(=O)c2ccc(OC)c([N+](=O)[O-])c2)C1.Cl. The van der Waals surface area contributed by atoms with Crippen molar-refractivity contribution in [1.29, 1.82) is 0 Å². The highest BCUT2D eigenvalue weighted by atomic mass is 35.5. The Hall–Kier alpha value is -1.86. The zero-order valence-corrected chi connectivity index (χ0v) is 14.1. The van der Waals surface area contributed by atoms with Crippen LogP contribution in [-0.2, 0) is 0 Å². The van der Waals surface area contributed by atoms with Crippen molar-refractivity contribution in [2.24, 2.45) is 5.92 Å². The van der Waals surface area contributed by atoms with Crippen molar-refractivity contribution in [1.82, 2.24) is 10.2 Å². The van der Waals surface area contributed by atoms with Gasteiger partial charge in [-0.2, -0.15) is 0 Å². The molecular formula is C15H22ClN3O4. The molecule has 1 aromatic rings. The van der Waals surface area contributed by atoms with Gasteiger partial charge in [-0.15, -0.1) is 12.4 Å². The zero-order valence-electron chi connectivity index (χ0n) is 13.3. The van der Waals surface area contributed by atoms with Crippen LogP contribution in [0.15, 0.2) is 18.2 Å². The first-order valence-corrected chi connectivity index (χ1v) is 7.33. The maximum absolute atomic E-state index is 12.6. The third-order valence-electron chi connectivity index (χ3n) is 3.92. The third kappa shape index (κ3) is 4.56. The van der Waals surface area contributed by atoms with Gasteiger partial charge < -0.3 is 15.0 Å². The highest BCUT2D eigenvalue weighted by molar-refractivity contribution is 5.95. The number of nitro groups is 1. The van der Waals surface area contributed by atoms with Gasteiger partial charge in [-0.05, 0) is 44.5 Å². The molecule has 0 saturated carbocycles. The number of carbonyl (C=O) groups excluding carboxylic acids is 1. The molecule has 0 aliphatic carbocycles. The number of carbonyl (C=O) groups is 1. The number of nitrogens with one attached hydrogen (secondary N) is 1. The van der Waals surface area contributed by atoms with Crippen LogP contribution in [0.2, 0.25) is 0 Å². The number of hydrogen-bond acceptors (Lipinski definition) is 5. The second-order valence-electron chi connectivity index (χ2n) is 5.46. The molecule has 1 N–H and O–H groups in total. The van der Waals surface area contributed by atoms with Gasteiger partial charge in [0.05, 0.1) is 12.0 Å². The molecular weight excluding hydrogens is 322 g/mol. The first-order valence-electron chi connectivity index (χ1n) is 7.33. The monoisotopic (exact) mass is 343 g/mol. The van der Waals surface area contributed by atoms with Gasteiger partial charge in [-0.1, -0.05) is 0 Å². The van der Waals surface area contributed by atoms with Gasteiger partial charge >= 0.3 is 5.69 Å². The molecule has 1 saturated heterocycles. The Morgan fingerprint density at radius 1 is 1.52 bits per heavy atom. The fourth-order valence-electron chi connectivity index (χ4n) is 2.85. The van der Waals surface area contributed by atoms with Gasteiger partial charge in [0, 0.05) is 24.7 Å². The minimum Gasteiger partial charge on any atom is -0.490 e. The van der Waals surface area contributed by atoms with Crippen LogP contribution in [-0.4, -0.2) is 49.5 Å². The van der Waals surface area contributed by atoms with E-state index < -0.39 is 4.92 Å². The second kappa shape index (κ2) is 8.69. The largest absolute Gasteiger partial charge is 0.490 e. The van der Waals surface area contributed by atoms with Crippen molar-refractivity contribution < 1.29 is 14.5 Å². The summed E-state index contributed by atoms with van der Waals surface area (Å²) in [5.74, 6) is 0.427. The summed E-state index contributed by atoms with van der Waals surface area (Å²) in [6.45, 7) is 2.24. The first kappa shape index (κ1) is 19.2. The molecule has 1 aliphatic heterocycles. The van der Waals surface area contributed by atoms with Crippen LogP contribution in [0, 0.1) is 16.0 Å². The number of likely N-dealkylation sites (tertiary alicyclic amines) is 1. The lowest BCUT2D eigenvalue weighted by Gasteiger charge is -2.32. The molecule has 1 unspecified atom stereocenters. The zero-order chi connectivity index (χ0) is 16.1. The van der Waals surface area contributed by atoms with E-state index in [4.69, 9.17) is 4.74 Å². The Balaban J connectivity index is 0.00000264. The molecule has 23 heavy (non-hydrogen) atoms. The van der Waals surface area contributed by atoms with Gasteiger partial charge in [0.2, 0.25) is 0 Å². The van der Waals surface area contributed by atoms with Crippen molar-refractivity contribution in [3.8, 4) is 5.75 Å². The molecule has 0 bridgehead atoms. The van der Waals surface area contributed by atoms with Crippen molar-refractivity contribution in [2.45, 2.75) is 12.8 Å². The van der Waals surface area contributed by atoms with Crippen LogP contribution in [0.3, 0.4) is 0 Å². The lowest BCUT2D eigenvalue weighted by molar-refractivity contribution is -0.385. The summed E-state index contributed by atoms with van der Waals surface area (Å²) in [7, 11) is 3.27. The van der Waals surface area contributed by atoms with Gasteiger partial charge in [-0.25, -0.2) is 0 Å². The van der Waals surface area contributed by atoms with E-state index >= 15 is 0 Å². The van der Waals surface area contributed by atoms with Crippen molar-refractivity contribution in [3.05, 3.63) is 33.9 Å². The lowest BCUT2D eigenvalue weighted by Crippen LogP contribution is -2.42. The Morgan fingerprint density at radius 3 is 2.87 bits per heavy atom. The number of methoxy groups -OCH3 is 1. The van der Waals surface area contributed by atoms with E-state index in [2.05, 4.69) is 5.32 Å². The number of rotatable bonds is 5. The lowest BCUT2D eigenvalue weighted by atomic mass is 9.97. The molecule has 1 aliphatic rings. The summed E-state index contributed by atoms with van der Waals surface area (Å²) in [6, 6.07) is 4.35. The van der Waals surface area contributed by atoms with Crippen LogP contribution in [0.25, 0.3) is 0 Å². The molecule has 0 aromatic heterocycles. The minimum atomic E-state index is -0.532. The normalized spacial score (nSPS) is 17.3. The number of ether oxygens (including phenoxy) is 1. The molecule has 0 radical (unpaired) electrons. The fraction of sp³-hybridized carbons (Fsp3) is 0.533. The topological polar surface area (TPSA) is 84.7 Å². The number of amides is 1. The van der Waals surface area contributed by atoms with Gasteiger partial charge in [0.25, 0.3) is 5.91 Å². The standard InChI is InChI=1S/C15H21N3O4.ClH/c1-16-9-11-4-3-7-17(10-11)15(19)12-5-6-14(22-2)13(8-12)18(20)21;/h5-6,8,11,16H,3-4,7,9-10H2,1-2H3;1H. The summed E-state index contributed by atoms with van der Waals surface area (Å²) >= 11 is 0. The summed E-state index contributed by atoms with van der Waals surface area (Å²) in [5, 5.41) is 14.2. The quantitative estimate of drug-likeness (QED) is 0.653. The van der Waals surface area contributed by atoms with Gasteiger partial charge in [0.15, 0.2) is 5.75 Å². The van der Waals surface area contributed by atoms with Crippen LogP contribution >= 0.6 is 12.4 Å². The van der Waals surface area contributed by atoms with E-state index in [1.807, 2.05) is 7.05 Å². The maximum Gasteiger partial charge on any atom is 0.311 e. The fourth-order valence-corrected chi connectivity index (χ4v) is 2.85. The molecule has 2 rings (SSSR count). The highest BCUT2D eigenvalue weighted by Gasteiger charge is 2.26. The summed E-state index contributed by atoms with van der Waals surface area (Å²) in [5.41, 5.74) is 0.148. The molecule has 1 amide bonds. The van der Waals surface area contributed by atoms with E-state index in [1.54, 1.807) is 11.0 Å². The van der Waals surface area contributed by atoms with Crippen molar-refractivity contribution in [2.75, 3.05) is 33.8 Å². The van der Waals surface area contributed by atoms with Crippen LogP contribution < -0.4 is 10.1 Å².